The summed E-state index contributed by atoms with van der Waals surface area (Å²) in [5.74, 6) is -1.77. The minimum atomic E-state index is -1.85. The zero-order valence-corrected chi connectivity index (χ0v) is 10.5. The average Bonchev–Trinajstić information content (AvgIpc) is 2.07. The van der Waals surface area contributed by atoms with E-state index in [0.29, 0.717) is 0 Å². The van der Waals surface area contributed by atoms with Crippen molar-refractivity contribution in [2.24, 2.45) is 0 Å². The minimum Gasteiger partial charge on any atom is -0.547 e. The van der Waals surface area contributed by atoms with Gasteiger partial charge in [-0.1, -0.05) is 0 Å². The number of aliphatic carboxylic acids is 1. The zero-order valence-electron chi connectivity index (χ0n) is 7.40. The standard InChI is InChI=1S/C6H10O7.K/c7-1-2(8)4(5(10)11)13-6(12)3(1)9;/h1-4,6-9,12H,(H,10,11);/q;+1/p-1. The van der Waals surface area contributed by atoms with Gasteiger partial charge in [-0.15, -0.1) is 0 Å². The van der Waals surface area contributed by atoms with Crippen LogP contribution >= 0.6 is 0 Å². The Bertz CT molecular complexity index is 210. The van der Waals surface area contributed by atoms with Crippen molar-refractivity contribution in [1.29, 1.82) is 0 Å². The maximum absolute atomic E-state index is 10.3. The summed E-state index contributed by atoms with van der Waals surface area (Å²) < 4.78 is 4.28. The molecule has 0 saturated carbocycles. The first-order valence-corrected chi connectivity index (χ1v) is 3.53. The molecule has 5 unspecified atom stereocenters. The van der Waals surface area contributed by atoms with Gasteiger partial charge in [-0.2, -0.15) is 0 Å². The van der Waals surface area contributed by atoms with E-state index in [1.807, 2.05) is 0 Å². The third-order valence-electron chi connectivity index (χ3n) is 1.82. The summed E-state index contributed by atoms with van der Waals surface area (Å²) >= 11 is 0. The monoisotopic (exact) mass is 232 g/mol. The van der Waals surface area contributed by atoms with Crippen molar-refractivity contribution in [2.75, 3.05) is 0 Å². The van der Waals surface area contributed by atoms with Crippen LogP contribution in [0.4, 0.5) is 0 Å². The fraction of sp³-hybridized carbons (Fsp3) is 0.833. The van der Waals surface area contributed by atoms with Gasteiger partial charge in [-0.3, -0.25) is 0 Å². The number of aliphatic hydroxyl groups excluding tert-OH is 4. The summed E-state index contributed by atoms with van der Waals surface area (Å²) in [6.45, 7) is 0. The van der Waals surface area contributed by atoms with E-state index in [2.05, 4.69) is 4.74 Å². The minimum absolute atomic E-state index is 0. The predicted molar refractivity (Wildman–Crippen MR) is 33.9 cm³/mol. The van der Waals surface area contributed by atoms with E-state index < -0.39 is 36.7 Å². The fourth-order valence-electron chi connectivity index (χ4n) is 1.06. The molecule has 4 N–H and O–H groups in total. The van der Waals surface area contributed by atoms with Gasteiger partial charge in [-0.05, 0) is 0 Å². The molecule has 0 aliphatic carbocycles. The Morgan fingerprint density at radius 1 is 1.07 bits per heavy atom. The van der Waals surface area contributed by atoms with Crippen LogP contribution in [0.3, 0.4) is 0 Å². The number of carboxylic acids is 1. The van der Waals surface area contributed by atoms with E-state index in [1.54, 1.807) is 0 Å². The summed E-state index contributed by atoms with van der Waals surface area (Å²) in [7, 11) is 0. The largest absolute Gasteiger partial charge is 1.00 e. The summed E-state index contributed by atoms with van der Waals surface area (Å²) in [4.78, 5) is 10.3. The molecule has 8 heteroatoms. The Kier molecular flexibility index (Phi) is 6.22. The first-order chi connectivity index (χ1) is 5.95. The van der Waals surface area contributed by atoms with Crippen LogP contribution in [-0.2, 0) is 9.53 Å². The van der Waals surface area contributed by atoms with Gasteiger partial charge < -0.3 is 35.1 Å². The molecule has 0 bridgehead atoms. The summed E-state index contributed by atoms with van der Waals surface area (Å²) in [6, 6.07) is 0. The van der Waals surface area contributed by atoms with Crippen LogP contribution in [0.2, 0.25) is 0 Å². The molecule has 0 radical (unpaired) electrons. The maximum atomic E-state index is 10.3. The first kappa shape index (κ1) is 14.9. The van der Waals surface area contributed by atoms with E-state index in [1.165, 1.54) is 0 Å². The Labute approximate surface area is 122 Å². The van der Waals surface area contributed by atoms with E-state index in [-0.39, 0.29) is 51.4 Å². The van der Waals surface area contributed by atoms with Crippen LogP contribution < -0.4 is 56.5 Å². The third-order valence-corrected chi connectivity index (χ3v) is 1.82. The molecule has 5 atom stereocenters. The number of hydrogen-bond acceptors (Lipinski definition) is 7. The van der Waals surface area contributed by atoms with Gasteiger partial charge in [0, 0.05) is 0 Å². The van der Waals surface area contributed by atoms with Crippen LogP contribution in [0.1, 0.15) is 0 Å². The van der Waals surface area contributed by atoms with Gasteiger partial charge >= 0.3 is 51.4 Å². The van der Waals surface area contributed by atoms with Crippen LogP contribution in [0, 0.1) is 0 Å². The number of carbonyl (C=O) groups is 1. The molecule has 1 fully saturated rings. The summed E-state index contributed by atoms with van der Waals surface area (Å²) in [5.41, 5.74) is 0. The van der Waals surface area contributed by atoms with Gasteiger partial charge in [0.05, 0.1) is 5.97 Å². The van der Waals surface area contributed by atoms with E-state index >= 15 is 0 Å². The number of hydrogen-bond donors (Lipinski definition) is 4. The molecule has 1 rings (SSSR count). The van der Waals surface area contributed by atoms with Crippen LogP contribution in [-0.4, -0.2) is 57.1 Å². The Morgan fingerprint density at radius 2 is 1.57 bits per heavy atom. The van der Waals surface area contributed by atoms with Crippen LogP contribution in [0.5, 0.6) is 0 Å². The number of aliphatic hydroxyl groups is 4. The fourth-order valence-corrected chi connectivity index (χ4v) is 1.06. The molecule has 0 aromatic carbocycles. The first-order valence-electron chi connectivity index (χ1n) is 3.53. The molecule has 1 aliphatic heterocycles. The van der Waals surface area contributed by atoms with Gasteiger partial charge in [0.15, 0.2) is 6.29 Å². The normalized spacial score (nSPS) is 42.7. The van der Waals surface area contributed by atoms with Gasteiger partial charge in [0.25, 0.3) is 0 Å². The molecule has 76 valence electrons. The Morgan fingerprint density at radius 3 is 2.00 bits per heavy atom. The maximum Gasteiger partial charge on any atom is 1.00 e. The van der Waals surface area contributed by atoms with E-state index in [0.717, 1.165) is 0 Å². The number of carboxylic acid groups (broad SMARTS) is 1. The number of carbonyl (C=O) groups excluding carboxylic acids is 1. The van der Waals surface area contributed by atoms with Crippen molar-refractivity contribution < 1.29 is 86.4 Å². The smallest absolute Gasteiger partial charge is 0.547 e. The summed E-state index contributed by atoms with van der Waals surface area (Å²) in [6.07, 6.45) is -9.00. The predicted octanol–water partition coefficient (Wildman–Crippen LogP) is -7.46. The zero-order chi connectivity index (χ0) is 10.2. The molecular formula is C6H9KO7. The molecule has 7 nitrogen and oxygen atoms in total. The second-order valence-corrected chi connectivity index (χ2v) is 2.74. The molecule has 1 saturated heterocycles. The molecular weight excluding hydrogens is 223 g/mol. The topological polar surface area (TPSA) is 130 Å². The molecule has 1 aliphatic rings. The second-order valence-electron chi connectivity index (χ2n) is 2.74. The average molecular weight is 232 g/mol. The van der Waals surface area contributed by atoms with Crippen molar-refractivity contribution in [3.8, 4) is 0 Å². The number of ether oxygens (including phenoxy) is 1. The van der Waals surface area contributed by atoms with E-state index in [4.69, 9.17) is 20.4 Å². The Balaban J connectivity index is 0.00000169. The van der Waals surface area contributed by atoms with Crippen molar-refractivity contribution in [2.45, 2.75) is 30.7 Å². The van der Waals surface area contributed by atoms with Crippen molar-refractivity contribution >= 4 is 5.97 Å². The van der Waals surface area contributed by atoms with Crippen molar-refractivity contribution in [3.63, 3.8) is 0 Å². The summed E-state index contributed by atoms with van der Waals surface area (Å²) in [5, 5.41) is 46.1. The van der Waals surface area contributed by atoms with Gasteiger partial charge in [-0.25, -0.2) is 0 Å². The van der Waals surface area contributed by atoms with Crippen LogP contribution in [0.25, 0.3) is 0 Å². The second kappa shape index (κ2) is 5.85. The SMILES string of the molecule is O=C([O-])C1OC(O)C(O)C(O)C1O.[K+]. The third kappa shape index (κ3) is 2.95. The van der Waals surface area contributed by atoms with Crippen LogP contribution in [0.15, 0.2) is 0 Å². The molecule has 14 heavy (non-hydrogen) atoms. The van der Waals surface area contributed by atoms with E-state index in [9.17, 15) is 9.90 Å². The number of rotatable bonds is 1. The molecule has 0 amide bonds. The van der Waals surface area contributed by atoms with Gasteiger partial charge in [0.1, 0.15) is 24.4 Å². The molecule has 0 spiro atoms. The van der Waals surface area contributed by atoms with Crippen molar-refractivity contribution in [3.05, 3.63) is 0 Å². The molecule has 0 aromatic heterocycles. The van der Waals surface area contributed by atoms with Gasteiger partial charge in [0.2, 0.25) is 0 Å². The quantitative estimate of drug-likeness (QED) is 0.330. The Hall–Kier alpha value is 0.906. The molecule has 1 heterocycles. The van der Waals surface area contributed by atoms with Crippen molar-refractivity contribution in [1.82, 2.24) is 0 Å². The molecule has 0 aromatic rings.